The molecule has 1 aromatic heterocycles. The molecule has 3 aromatic rings. The number of ether oxygens (including phenoxy) is 1. The summed E-state index contributed by atoms with van der Waals surface area (Å²) >= 11 is 0. The number of rotatable bonds is 5. The van der Waals surface area contributed by atoms with Gasteiger partial charge in [-0.15, -0.1) is 0 Å². The second-order valence-electron chi connectivity index (χ2n) is 8.60. The van der Waals surface area contributed by atoms with Gasteiger partial charge < -0.3 is 19.0 Å². The van der Waals surface area contributed by atoms with E-state index in [9.17, 15) is 4.39 Å². The molecule has 0 spiro atoms. The largest absolute Gasteiger partial charge is 0.495 e. The molecule has 2 aliphatic rings. The first-order valence-electron chi connectivity index (χ1n) is 11.3. The first-order valence-corrected chi connectivity index (χ1v) is 11.3. The fourth-order valence-corrected chi connectivity index (χ4v) is 4.71. The van der Waals surface area contributed by atoms with Crippen LogP contribution in [0.15, 0.2) is 65.7 Å². The molecule has 1 fully saturated rings. The fraction of sp³-hybridized carbons (Fsp3) is 0.308. The number of fused-ring (bicyclic) bond motifs is 1. The van der Waals surface area contributed by atoms with E-state index in [1.54, 1.807) is 25.6 Å². The number of imidazole rings is 1. The van der Waals surface area contributed by atoms with Crippen LogP contribution in [0.3, 0.4) is 0 Å². The maximum atomic E-state index is 15.1. The minimum Gasteiger partial charge on any atom is -0.495 e. The lowest BCUT2D eigenvalue weighted by atomic mass is 9.92. The number of hydrogen-bond acceptors (Lipinski definition) is 5. The zero-order chi connectivity index (χ0) is 23.9. The average Bonchev–Trinajstić information content (AvgIpc) is 3.44. The monoisotopic (exact) mass is 464 g/mol. The third kappa shape index (κ3) is 3.63. The summed E-state index contributed by atoms with van der Waals surface area (Å²) in [5.74, 6) is 0.933. The standard InChI is InChI=1S/C26H26F2N4O2/c1-17-15-31(16-29-17)23-11-6-19(14-24(23)33-3)13-20-5-4-12-32-25(20)30-34-26(32,18(2)27)21-7-9-22(28)10-8-21/h6-11,13-16,18H,4-5,12H2,1-3H3/b20-13+. The van der Waals surface area contributed by atoms with Crippen molar-refractivity contribution in [2.75, 3.05) is 13.7 Å². The Morgan fingerprint density at radius 1 is 1.21 bits per heavy atom. The number of piperidine rings is 1. The van der Waals surface area contributed by atoms with E-state index in [-0.39, 0.29) is 5.82 Å². The Bertz CT molecular complexity index is 1270. The van der Waals surface area contributed by atoms with E-state index < -0.39 is 11.9 Å². The summed E-state index contributed by atoms with van der Waals surface area (Å²) < 4.78 is 36.2. The van der Waals surface area contributed by atoms with Gasteiger partial charge in [-0.05, 0) is 80.3 Å². The van der Waals surface area contributed by atoms with E-state index in [1.807, 2.05) is 46.9 Å². The van der Waals surface area contributed by atoms with Crippen molar-refractivity contribution in [2.24, 2.45) is 5.16 Å². The van der Waals surface area contributed by atoms with Crippen LogP contribution in [0, 0.1) is 12.7 Å². The molecule has 5 rings (SSSR count). The SMILES string of the molecule is COc1cc(/C=C2\CCCN3C2=NOC3(c2ccc(F)cc2)C(C)F)ccc1-n1cnc(C)c1. The predicted octanol–water partition coefficient (Wildman–Crippen LogP) is 5.36. The highest BCUT2D eigenvalue weighted by molar-refractivity contribution is 6.03. The third-order valence-corrected chi connectivity index (χ3v) is 6.37. The van der Waals surface area contributed by atoms with Crippen molar-refractivity contribution in [3.05, 3.63) is 83.2 Å². The number of aromatic nitrogens is 2. The molecule has 2 aromatic carbocycles. The van der Waals surface area contributed by atoms with Crippen LogP contribution in [0.1, 0.15) is 36.6 Å². The van der Waals surface area contributed by atoms with Gasteiger partial charge in [0.2, 0.25) is 0 Å². The first-order chi connectivity index (χ1) is 16.4. The van der Waals surface area contributed by atoms with Crippen LogP contribution in [0.25, 0.3) is 11.8 Å². The van der Waals surface area contributed by atoms with Gasteiger partial charge in [0.1, 0.15) is 11.6 Å². The zero-order valence-corrected chi connectivity index (χ0v) is 19.3. The molecule has 8 heteroatoms. The molecule has 3 heterocycles. The first kappa shape index (κ1) is 22.1. The van der Waals surface area contributed by atoms with Gasteiger partial charge in [-0.2, -0.15) is 0 Å². The van der Waals surface area contributed by atoms with Crippen LogP contribution < -0.4 is 4.74 Å². The van der Waals surface area contributed by atoms with Crippen LogP contribution in [0.4, 0.5) is 8.78 Å². The highest BCUT2D eigenvalue weighted by atomic mass is 19.1. The van der Waals surface area contributed by atoms with E-state index >= 15 is 4.39 Å². The summed E-state index contributed by atoms with van der Waals surface area (Å²) in [7, 11) is 1.64. The molecule has 34 heavy (non-hydrogen) atoms. The topological polar surface area (TPSA) is 51.9 Å². The summed E-state index contributed by atoms with van der Waals surface area (Å²) in [4.78, 5) is 12.0. The van der Waals surface area contributed by atoms with Gasteiger partial charge in [0.25, 0.3) is 5.72 Å². The number of amidine groups is 1. The van der Waals surface area contributed by atoms with Crippen molar-refractivity contribution in [1.29, 1.82) is 0 Å². The van der Waals surface area contributed by atoms with Crippen molar-refractivity contribution in [3.8, 4) is 11.4 Å². The molecule has 1 saturated heterocycles. The summed E-state index contributed by atoms with van der Waals surface area (Å²) in [5.41, 5.74) is 2.81. The maximum absolute atomic E-state index is 15.1. The van der Waals surface area contributed by atoms with Gasteiger partial charge in [0, 0.05) is 18.3 Å². The Morgan fingerprint density at radius 3 is 2.68 bits per heavy atom. The van der Waals surface area contributed by atoms with Crippen molar-refractivity contribution in [3.63, 3.8) is 0 Å². The summed E-state index contributed by atoms with van der Waals surface area (Å²) in [6.45, 7) is 3.97. The van der Waals surface area contributed by atoms with Gasteiger partial charge in [0.15, 0.2) is 12.0 Å². The minimum absolute atomic E-state index is 0.382. The number of hydrogen-bond donors (Lipinski definition) is 0. The molecular weight excluding hydrogens is 438 g/mol. The lowest BCUT2D eigenvalue weighted by Crippen LogP contribution is -2.53. The van der Waals surface area contributed by atoms with E-state index in [0.29, 0.717) is 23.7 Å². The molecule has 176 valence electrons. The summed E-state index contributed by atoms with van der Waals surface area (Å²) in [5, 5.41) is 4.32. The molecule has 0 bridgehead atoms. The lowest BCUT2D eigenvalue weighted by Gasteiger charge is -2.41. The van der Waals surface area contributed by atoms with Gasteiger partial charge in [-0.25, -0.2) is 13.8 Å². The second kappa shape index (κ2) is 8.59. The Morgan fingerprint density at radius 2 is 2.00 bits per heavy atom. The number of methoxy groups -OCH3 is 1. The molecule has 2 aliphatic heterocycles. The summed E-state index contributed by atoms with van der Waals surface area (Å²) in [6.07, 6.45) is 5.92. The van der Waals surface area contributed by atoms with Crippen LogP contribution in [0.5, 0.6) is 5.75 Å². The number of halogens is 2. The fourth-order valence-electron chi connectivity index (χ4n) is 4.71. The number of nitrogens with zero attached hydrogens (tertiary/aromatic N) is 4. The normalized spacial score (nSPS) is 21.7. The maximum Gasteiger partial charge on any atom is 0.268 e. The summed E-state index contributed by atoms with van der Waals surface area (Å²) in [6, 6.07) is 11.7. The van der Waals surface area contributed by atoms with E-state index in [2.05, 4.69) is 10.1 Å². The van der Waals surface area contributed by atoms with E-state index in [0.717, 1.165) is 35.4 Å². The zero-order valence-electron chi connectivity index (χ0n) is 19.3. The van der Waals surface area contributed by atoms with Gasteiger partial charge in [-0.1, -0.05) is 11.2 Å². The molecule has 0 amide bonds. The predicted molar refractivity (Wildman–Crippen MR) is 126 cm³/mol. The quantitative estimate of drug-likeness (QED) is 0.510. The van der Waals surface area contributed by atoms with Crippen LogP contribution >= 0.6 is 0 Å². The van der Waals surface area contributed by atoms with Crippen molar-refractivity contribution in [1.82, 2.24) is 14.5 Å². The van der Waals surface area contributed by atoms with E-state index in [1.165, 1.54) is 19.1 Å². The number of oxime groups is 1. The lowest BCUT2D eigenvalue weighted by molar-refractivity contribution is -0.150. The third-order valence-electron chi connectivity index (χ3n) is 6.37. The molecule has 0 radical (unpaired) electrons. The Labute approximate surface area is 197 Å². The number of benzene rings is 2. The number of aryl methyl sites for hydroxylation is 1. The van der Waals surface area contributed by atoms with E-state index in [4.69, 9.17) is 9.57 Å². The van der Waals surface area contributed by atoms with Crippen molar-refractivity contribution < 1.29 is 18.4 Å². The van der Waals surface area contributed by atoms with Crippen LogP contribution in [-0.4, -0.2) is 40.1 Å². The van der Waals surface area contributed by atoms with Gasteiger partial charge >= 0.3 is 0 Å². The molecule has 0 saturated carbocycles. The van der Waals surface area contributed by atoms with Gasteiger partial charge in [-0.3, -0.25) is 0 Å². The highest BCUT2D eigenvalue weighted by Gasteiger charge is 2.54. The van der Waals surface area contributed by atoms with Gasteiger partial charge in [0.05, 0.1) is 24.8 Å². The smallest absolute Gasteiger partial charge is 0.268 e. The Kier molecular flexibility index (Phi) is 5.59. The second-order valence-corrected chi connectivity index (χ2v) is 8.60. The Hall–Kier alpha value is -3.68. The molecule has 0 N–H and O–H groups in total. The number of alkyl halides is 1. The molecule has 2 unspecified atom stereocenters. The van der Waals surface area contributed by atoms with Crippen LogP contribution in [-0.2, 0) is 10.6 Å². The molecular formula is C26H26F2N4O2. The molecule has 0 aliphatic carbocycles. The minimum atomic E-state index is -1.41. The molecule has 2 atom stereocenters. The van der Waals surface area contributed by atoms with Crippen molar-refractivity contribution in [2.45, 2.75) is 38.6 Å². The Balaban J connectivity index is 1.49. The molecule has 6 nitrogen and oxygen atoms in total. The highest BCUT2D eigenvalue weighted by Crippen LogP contribution is 2.44. The average molecular weight is 465 g/mol. The van der Waals surface area contributed by atoms with Crippen LogP contribution in [0.2, 0.25) is 0 Å². The van der Waals surface area contributed by atoms with Crippen molar-refractivity contribution >= 4 is 11.9 Å².